The van der Waals surface area contributed by atoms with Gasteiger partial charge in [-0.05, 0) is 27.7 Å². The van der Waals surface area contributed by atoms with Gasteiger partial charge in [0.1, 0.15) is 5.60 Å². The van der Waals surface area contributed by atoms with E-state index < -0.39 is 11.7 Å². The lowest BCUT2D eigenvalue weighted by Gasteiger charge is -2.35. The Labute approximate surface area is 108 Å². The summed E-state index contributed by atoms with van der Waals surface area (Å²) in [4.78, 5) is 11.6. The Kier molecular flexibility index (Phi) is 5.16. The van der Waals surface area contributed by atoms with Gasteiger partial charge in [-0.1, -0.05) is 6.08 Å². The van der Waals surface area contributed by atoms with Crippen molar-refractivity contribution in [3.05, 3.63) is 12.7 Å². The van der Waals surface area contributed by atoms with Crippen LogP contribution in [0.5, 0.6) is 0 Å². The highest BCUT2D eigenvalue weighted by molar-refractivity contribution is 5.68. The summed E-state index contributed by atoms with van der Waals surface area (Å²) in [6.45, 7) is 11.4. The molecular weight excluding hydrogens is 234 g/mol. The molecule has 1 amide bonds. The lowest BCUT2D eigenvalue weighted by molar-refractivity contribution is -0.216. The van der Waals surface area contributed by atoms with Crippen molar-refractivity contribution in [3.63, 3.8) is 0 Å². The molecule has 0 saturated carbocycles. The average molecular weight is 257 g/mol. The quantitative estimate of drug-likeness (QED) is 0.788. The van der Waals surface area contributed by atoms with Gasteiger partial charge in [0.2, 0.25) is 0 Å². The Hall–Kier alpha value is -1.07. The third kappa shape index (κ3) is 5.06. The SMILES string of the molecule is C=CC[C@H]1OC[C@@H](NC(=O)OC(C)(C)C)[C@@H](C)O1. The van der Waals surface area contributed by atoms with Gasteiger partial charge in [0.25, 0.3) is 0 Å². The van der Waals surface area contributed by atoms with Crippen molar-refractivity contribution >= 4 is 6.09 Å². The normalized spacial score (nSPS) is 28.6. The number of nitrogens with one attached hydrogen (secondary N) is 1. The predicted octanol–water partition coefficient (Wildman–Crippen LogP) is 2.22. The number of ether oxygens (including phenoxy) is 3. The molecule has 0 radical (unpaired) electrons. The van der Waals surface area contributed by atoms with E-state index in [0.29, 0.717) is 13.0 Å². The first-order valence-corrected chi connectivity index (χ1v) is 6.19. The van der Waals surface area contributed by atoms with Crippen LogP contribution in [0.25, 0.3) is 0 Å². The average Bonchev–Trinajstić information content (AvgIpc) is 2.20. The lowest BCUT2D eigenvalue weighted by atomic mass is 10.1. The van der Waals surface area contributed by atoms with Crippen LogP contribution in [0.4, 0.5) is 4.79 Å². The van der Waals surface area contributed by atoms with Gasteiger partial charge in [-0.25, -0.2) is 4.79 Å². The molecule has 5 heteroatoms. The molecule has 5 nitrogen and oxygen atoms in total. The molecule has 0 aromatic rings. The van der Waals surface area contributed by atoms with E-state index in [1.165, 1.54) is 0 Å². The fraction of sp³-hybridized carbons (Fsp3) is 0.769. The van der Waals surface area contributed by atoms with Crippen molar-refractivity contribution in [1.82, 2.24) is 5.32 Å². The molecular formula is C13H23NO4. The third-order valence-electron chi connectivity index (χ3n) is 2.46. The van der Waals surface area contributed by atoms with Gasteiger partial charge in [-0.2, -0.15) is 0 Å². The molecule has 1 aliphatic rings. The predicted molar refractivity (Wildman–Crippen MR) is 68.3 cm³/mol. The maximum Gasteiger partial charge on any atom is 0.408 e. The van der Waals surface area contributed by atoms with Crippen LogP contribution >= 0.6 is 0 Å². The largest absolute Gasteiger partial charge is 0.444 e. The fourth-order valence-electron chi connectivity index (χ4n) is 1.60. The summed E-state index contributed by atoms with van der Waals surface area (Å²) in [5.41, 5.74) is -0.505. The molecule has 18 heavy (non-hydrogen) atoms. The van der Waals surface area contributed by atoms with E-state index in [1.54, 1.807) is 6.08 Å². The number of rotatable bonds is 3. The van der Waals surface area contributed by atoms with Gasteiger partial charge >= 0.3 is 6.09 Å². The second kappa shape index (κ2) is 6.20. The zero-order chi connectivity index (χ0) is 13.8. The van der Waals surface area contributed by atoms with Crippen molar-refractivity contribution in [2.24, 2.45) is 0 Å². The van der Waals surface area contributed by atoms with E-state index >= 15 is 0 Å². The van der Waals surface area contributed by atoms with E-state index in [2.05, 4.69) is 11.9 Å². The highest BCUT2D eigenvalue weighted by Crippen LogP contribution is 2.16. The maximum absolute atomic E-state index is 11.6. The van der Waals surface area contributed by atoms with Crippen molar-refractivity contribution in [2.45, 2.75) is 58.2 Å². The molecule has 1 rings (SSSR count). The van der Waals surface area contributed by atoms with Crippen LogP contribution in [0.3, 0.4) is 0 Å². The summed E-state index contributed by atoms with van der Waals surface area (Å²) in [6.07, 6.45) is 1.56. The van der Waals surface area contributed by atoms with Crippen LogP contribution in [0.2, 0.25) is 0 Å². The summed E-state index contributed by atoms with van der Waals surface area (Å²) in [5.74, 6) is 0. The molecule has 1 saturated heterocycles. The number of carbonyl (C=O) groups is 1. The third-order valence-corrected chi connectivity index (χ3v) is 2.46. The molecule has 1 heterocycles. The Morgan fingerprint density at radius 1 is 1.56 bits per heavy atom. The van der Waals surface area contributed by atoms with Gasteiger partial charge in [0, 0.05) is 6.42 Å². The number of amides is 1. The van der Waals surface area contributed by atoms with Crippen molar-refractivity contribution in [1.29, 1.82) is 0 Å². The second-order valence-electron chi connectivity index (χ2n) is 5.38. The van der Waals surface area contributed by atoms with Gasteiger partial charge in [-0.3, -0.25) is 0 Å². The minimum atomic E-state index is -0.505. The molecule has 3 atom stereocenters. The van der Waals surface area contributed by atoms with E-state index in [0.717, 1.165) is 0 Å². The number of hydrogen-bond donors (Lipinski definition) is 1. The van der Waals surface area contributed by atoms with E-state index in [9.17, 15) is 4.79 Å². The molecule has 0 aromatic heterocycles. The van der Waals surface area contributed by atoms with Crippen LogP contribution in [0, 0.1) is 0 Å². The summed E-state index contributed by atoms with van der Waals surface area (Å²) in [7, 11) is 0. The number of alkyl carbamates (subject to hydrolysis) is 1. The first kappa shape index (κ1) is 15.0. The summed E-state index contributed by atoms with van der Waals surface area (Å²) < 4.78 is 16.3. The van der Waals surface area contributed by atoms with Gasteiger partial charge in [0.05, 0.1) is 18.8 Å². The monoisotopic (exact) mass is 257 g/mol. The standard InChI is InChI=1S/C13H23NO4/c1-6-7-11-16-8-10(9(2)17-11)14-12(15)18-13(3,4)5/h6,9-11H,1,7-8H2,2-5H3,(H,14,15)/t9-,10-,11+/m1/s1. The van der Waals surface area contributed by atoms with E-state index in [4.69, 9.17) is 14.2 Å². The smallest absolute Gasteiger partial charge is 0.408 e. The highest BCUT2D eigenvalue weighted by Gasteiger charge is 2.30. The second-order valence-corrected chi connectivity index (χ2v) is 5.38. The Bertz CT molecular complexity index is 298. The topological polar surface area (TPSA) is 56.8 Å². The first-order valence-electron chi connectivity index (χ1n) is 6.19. The molecule has 0 unspecified atom stereocenters. The fourth-order valence-corrected chi connectivity index (χ4v) is 1.60. The minimum absolute atomic E-state index is 0.115. The van der Waals surface area contributed by atoms with E-state index in [-0.39, 0.29) is 18.4 Å². The molecule has 0 aromatic carbocycles. The van der Waals surface area contributed by atoms with E-state index in [1.807, 2.05) is 27.7 Å². The molecule has 0 bridgehead atoms. The first-order chi connectivity index (χ1) is 8.31. The Morgan fingerprint density at radius 2 is 2.22 bits per heavy atom. The minimum Gasteiger partial charge on any atom is -0.444 e. The zero-order valence-electron chi connectivity index (χ0n) is 11.6. The Balaban J connectivity index is 2.40. The maximum atomic E-state index is 11.6. The molecule has 1 N–H and O–H groups in total. The summed E-state index contributed by atoms with van der Waals surface area (Å²) in [5, 5.41) is 2.75. The number of carbonyl (C=O) groups excluding carboxylic acids is 1. The van der Waals surface area contributed by atoms with Crippen LogP contribution in [0.1, 0.15) is 34.1 Å². The highest BCUT2D eigenvalue weighted by atomic mass is 16.7. The molecule has 1 fully saturated rings. The Morgan fingerprint density at radius 3 is 2.72 bits per heavy atom. The van der Waals surface area contributed by atoms with Gasteiger partial charge < -0.3 is 19.5 Å². The molecule has 0 aliphatic carbocycles. The lowest BCUT2D eigenvalue weighted by Crippen LogP contribution is -2.52. The van der Waals surface area contributed by atoms with Crippen LogP contribution in [-0.2, 0) is 14.2 Å². The van der Waals surface area contributed by atoms with Crippen molar-refractivity contribution < 1.29 is 19.0 Å². The van der Waals surface area contributed by atoms with Crippen molar-refractivity contribution in [2.75, 3.05) is 6.61 Å². The van der Waals surface area contributed by atoms with Crippen molar-refractivity contribution in [3.8, 4) is 0 Å². The summed E-state index contributed by atoms with van der Waals surface area (Å²) in [6, 6.07) is -0.194. The molecule has 104 valence electrons. The van der Waals surface area contributed by atoms with Gasteiger partial charge in [-0.15, -0.1) is 6.58 Å². The molecule has 0 spiro atoms. The zero-order valence-corrected chi connectivity index (χ0v) is 11.6. The van der Waals surface area contributed by atoms with Crippen LogP contribution in [0.15, 0.2) is 12.7 Å². The molecule has 1 aliphatic heterocycles. The number of hydrogen-bond acceptors (Lipinski definition) is 4. The van der Waals surface area contributed by atoms with Gasteiger partial charge in [0.15, 0.2) is 6.29 Å². The van der Waals surface area contributed by atoms with Crippen LogP contribution in [-0.4, -0.2) is 36.7 Å². The van der Waals surface area contributed by atoms with Crippen LogP contribution < -0.4 is 5.32 Å². The summed E-state index contributed by atoms with van der Waals surface area (Å²) >= 11 is 0.